The number of nitrogens with one attached hydrogen (secondary N) is 1. The number of hydrogen-bond donors (Lipinski definition) is 1. The Hall–Kier alpha value is -1.11. The van der Waals surface area contributed by atoms with Crippen LogP contribution in [0.5, 0.6) is 0 Å². The van der Waals surface area contributed by atoms with Gasteiger partial charge < -0.3 is 5.32 Å². The number of aromatic nitrogens is 1. The second-order valence-corrected chi connectivity index (χ2v) is 3.07. The van der Waals surface area contributed by atoms with Crippen molar-refractivity contribution in [2.45, 2.75) is 13.1 Å². The highest BCUT2D eigenvalue weighted by molar-refractivity contribution is 7.10. The fraction of sp³-hybridized carbons (Fsp3) is 0.333. The van der Waals surface area contributed by atoms with E-state index in [9.17, 15) is 18.0 Å². The molecule has 13 heavy (non-hydrogen) atoms. The van der Waals surface area contributed by atoms with Crippen molar-refractivity contribution in [1.29, 1.82) is 0 Å². The minimum Gasteiger partial charge on any atom is -0.310 e. The van der Waals surface area contributed by atoms with E-state index in [0.29, 0.717) is 11.3 Å². The van der Waals surface area contributed by atoms with Gasteiger partial charge >= 0.3 is 6.18 Å². The van der Waals surface area contributed by atoms with Gasteiger partial charge in [-0.2, -0.15) is 13.2 Å². The molecule has 0 radical (unpaired) electrons. The molecule has 3 nitrogen and oxygen atoms in total. The van der Waals surface area contributed by atoms with Gasteiger partial charge in [0.25, 0.3) is 0 Å². The number of carbonyl (C=O) groups is 1. The number of amides is 1. The van der Waals surface area contributed by atoms with Gasteiger partial charge in [-0.25, -0.2) is 4.98 Å². The van der Waals surface area contributed by atoms with E-state index in [1.54, 1.807) is 0 Å². The largest absolute Gasteiger partial charge is 0.443 e. The predicted octanol–water partition coefficient (Wildman–Crippen LogP) is 2.12. The van der Waals surface area contributed by atoms with Crippen LogP contribution in [0.4, 0.5) is 19.0 Å². The molecule has 0 aliphatic rings. The number of anilines is 1. The molecule has 0 unspecified atom stereocenters. The molecule has 0 saturated heterocycles. The van der Waals surface area contributed by atoms with Crippen LogP contribution in [0, 0.1) is 0 Å². The molecule has 1 aromatic rings. The number of thiazole rings is 1. The summed E-state index contributed by atoms with van der Waals surface area (Å²) in [5.74, 6) is -0.510. The van der Waals surface area contributed by atoms with Gasteiger partial charge in [0.2, 0.25) is 5.91 Å². The molecule has 7 heteroatoms. The molecule has 1 amide bonds. The number of halogens is 3. The molecule has 1 rings (SSSR count). The molecule has 0 aliphatic carbocycles. The van der Waals surface area contributed by atoms with E-state index in [2.05, 4.69) is 10.3 Å². The van der Waals surface area contributed by atoms with Gasteiger partial charge in [-0.1, -0.05) is 0 Å². The zero-order chi connectivity index (χ0) is 10.1. The average Bonchev–Trinajstić information content (AvgIpc) is 2.32. The molecule has 0 bridgehead atoms. The standard InChI is InChI=1S/C6H5F3N2OS/c1-3(12)10-4-2-13-5(11-4)6(7,8)9/h2H,1H3,(H,10,12). The van der Waals surface area contributed by atoms with Crippen LogP contribution >= 0.6 is 11.3 Å². The Morgan fingerprint density at radius 2 is 2.23 bits per heavy atom. The summed E-state index contributed by atoms with van der Waals surface area (Å²) in [6.45, 7) is 1.20. The molecule has 0 aliphatic heterocycles. The Balaban J connectivity index is 2.81. The summed E-state index contributed by atoms with van der Waals surface area (Å²) in [5.41, 5.74) is 0. The van der Waals surface area contributed by atoms with Crippen molar-refractivity contribution in [2.24, 2.45) is 0 Å². The van der Waals surface area contributed by atoms with Crippen LogP contribution in [-0.2, 0) is 11.0 Å². The minimum absolute atomic E-state index is 0.0650. The van der Waals surface area contributed by atoms with Gasteiger partial charge in [-0.15, -0.1) is 11.3 Å². The van der Waals surface area contributed by atoms with E-state index >= 15 is 0 Å². The predicted molar refractivity (Wildman–Crippen MR) is 41.4 cm³/mol. The first-order valence-electron chi connectivity index (χ1n) is 3.20. The fourth-order valence-electron chi connectivity index (χ4n) is 0.642. The van der Waals surface area contributed by atoms with Gasteiger partial charge in [0.1, 0.15) is 5.82 Å². The highest BCUT2D eigenvalue weighted by atomic mass is 32.1. The number of hydrogen-bond acceptors (Lipinski definition) is 3. The van der Waals surface area contributed by atoms with Crippen molar-refractivity contribution in [2.75, 3.05) is 5.32 Å². The summed E-state index contributed by atoms with van der Waals surface area (Å²) in [7, 11) is 0. The quantitative estimate of drug-likeness (QED) is 0.771. The first-order chi connectivity index (χ1) is 5.89. The SMILES string of the molecule is CC(=O)Nc1csc(C(F)(F)F)n1. The van der Waals surface area contributed by atoms with E-state index in [1.807, 2.05) is 0 Å². The molecular weight excluding hydrogens is 205 g/mol. The topological polar surface area (TPSA) is 42.0 Å². The van der Waals surface area contributed by atoms with Crippen LogP contribution in [0.15, 0.2) is 5.38 Å². The van der Waals surface area contributed by atoms with Crippen LogP contribution in [0.3, 0.4) is 0 Å². The van der Waals surface area contributed by atoms with E-state index in [0.717, 1.165) is 5.38 Å². The molecule has 0 spiro atoms. The summed E-state index contributed by atoms with van der Waals surface area (Å²) >= 11 is 0.448. The Labute approximate surface area is 75.6 Å². The summed E-state index contributed by atoms with van der Waals surface area (Å²) in [4.78, 5) is 13.6. The highest BCUT2D eigenvalue weighted by Crippen LogP contribution is 2.32. The second-order valence-electron chi connectivity index (χ2n) is 2.22. The summed E-state index contributed by atoms with van der Waals surface area (Å²) < 4.78 is 35.9. The molecule has 0 atom stereocenters. The molecule has 1 heterocycles. The van der Waals surface area contributed by atoms with Crippen molar-refractivity contribution in [3.8, 4) is 0 Å². The summed E-state index contributed by atoms with van der Waals surface area (Å²) in [6, 6.07) is 0. The maximum Gasteiger partial charge on any atom is 0.443 e. The Bertz CT molecular complexity index is 320. The minimum atomic E-state index is -4.44. The number of rotatable bonds is 1. The van der Waals surface area contributed by atoms with Crippen LogP contribution in [-0.4, -0.2) is 10.9 Å². The van der Waals surface area contributed by atoms with E-state index < -0.39 is 17.1 Å². The first kappa shape index (κ1) is 9.97. The molecule has 0 aromatic carbocycles. The summed E-state index contributed by atoms with van der Waals surface area (Å²) in [6.07, 6.45) is -4.44. The molecule has 72 valence electrons. The van der Waals surface area contributed by atoms with Crippen molar-refractivity contribution in [1.82, 2.24) is 4.98 Å². The lowest BCUT2D eigenvalue weighted by Crippen LogP contribution is -2.08. The van der Waals surface area contributed by atoms with E-state index in [1.165, 1.54) is 6.92 Å². The third-order valence-electron chi connectivity index (χ3n) is 1.05. The van der Waals surface area contributed by atoms with Crippen molar-refractivity contribution in [3.05, 3.63) is 10.4 Å². The smallest absolute Gasteiger partial charge is 0.310 e. The highest BCUT2D eigenvalue weighted by Gasteiger charge is 2.34. The maximum atomic E-state index is 12.0. The number of nitrogens with zero attached hydrogens (tertiary/aromatic N) is 1. The lowest BCUT2D eigenvalue weighted by molar-refractivity contribution is -0.137. The molecule has 0 fully saturated rings. The maximum absolute atomic E-state index is 12.0. The fourth-order valence-corrected chi connectivity index (χ4v) is 1.26. The molecular formula is C6H5F3N2OS. The second kappa shape index (κ2) is 3.33. The van der Waals surface area contributed by atoms with Gasteiger partial charge in [-0.05, 0) is 0 Å². The number of alkyl halides is 3. The number of carbonyl (C=O) groups excluding carboxylic acids is 1. The van der Waals surface area contributed by atoms with E-state index in [4.69, 9.17) is 0 Å². The van der Waals surface area contributed by atoms with Gasteiger partial charge in [0, 0.05) is 12.3 Å². The summed E-state index contributed by atoms with van der Waals surface area (Å²) in [5, 5.41) is 2.34. The molecule has 1 aromatic heterocycles. The van der Waals surface area contributed by atoms with Crippen molar-refractivity contribution in [3.63, 3.8) is 0 Å². The Kier molecular flexibility index (Phi) is 2.55. The van der Waals surface area contributed by atoms with E-state index in [-0.39, 0.29) is 5.82 Å². The lowest BCUT2D eigenvalue weighted by atomic mass is 10.6. The molecule has 0 saturated carbocycles. The van der Waals surface area contributed by atoms with Crippen LogP contribution in [0.25, 0.3) is 0 Å². The Morgan fingerprint density at radius 1 is 1.62 bits per heavy atom. The van der Waals surface area contributed by atoms with Gasteiger partial charge in [-0.3, -0.25) is 4.79 Å². The van der Waals surface area contributed by atoms with Gasteiger partial charge in [0.15, 0.2) is 5.01 Å². The Morgan fingerprint density at radius 3 is 2.62 bits per heavy atom. The van der Waals surface area contributed by atoms with Gasteiger partial charge in [0.05, 0.1) is 0 Å². The first-order valence-corrected chi connectivity index (χ1v) is 4.08. The lowest BCUT2D eigenvalue weighted by Gasteiger charge is -1.99. The van der Waals surface area contributed by atoms with Crippen molar-refractivity contribution >= 4 is 23.1 Å². The monoisotopic (exact) mass is 210 g/mol. The average molecular weight is 210 g/mol. The third kappa shape index (κ3) is 2.69. The zero-order valence-corrected chi connectivity index (χ0v) is 7.29. The normalized spacial score (nSPS) is 11.4. The van der Waals surface area contributed by atoms with Crippen molar-refractivity contribution < 1.29 is 18.0 Å². The molecule has 1 N–H and O–H groups in total. The van der Waals surface area contributed by atoms with Crippen LogP contribution < -0.4 is 5.32 Å². The zero-order valence-electron chi connectivity index (χ0n) is 6.47. The third-order valence-corrected chi connectivity index (χ3v) is 1.94. The van der Waals surface area contributed by atoms with Crippen LogP contribution in [0.1, 0.15) is 11.9 Å². The van der Waals surface area contributed by atoms with Crippen LogP contribution in [0.2, 0.25) is 0 Å².